The van der Waals surface area contributed by atoms with Crippen LogP contribution in [0, 0.1) is 0 Å². The second-order valence-electron chi connectivity index (χ2n) is 4.66. The van der Waals surface area contributed by atoms with Gasteiger partial charge < -0.3 is 15.3 Å². The van der Waals surface area contributed by atoms with Crippen LogP contribution in [0.4, 0.5) is 0 Å². The van der Waals surface area contributed by atoms with E-state index in [9.17, 15) is 5.11 Å². The molecule has 0 spiro atoms. The summed E-state index contributed by atoms with van der Waals surface area (Å²) in [6.45, 7) is 4.11. The fourth-order valence-electron chi connectivity index (χ4n) is 1.51. The van der Waals surface area contributed by atoms with Gasteiger partial charge in [0.25, 0.3) is 0 Å². The average molecular weight is 301 g/mol. The molecule has 0 aromatic heterocycles. The minimum atomic E-state index is 0.286. The van der Waals surface area contributed by atoms with Crippen LogP contribution in [0.5, 0.6) is 5.75 Å². The quantitative estimate of drug-likeness (QED) is 0.848. The summed E-state index contributed by atoms with van der Waals surface area (Å²) in [7, 11) is 4.17. The van der Waals surface area contributed by atoms with Crippen LogP contribution in [-0.4, -0.2) is 36.7 Å². The minimum Gasteiger partial charge on any atom is -0.507 e. The first-order valence-electron chi connectivity index (χ1n) is 5.84. The van der Waals surface area contributed by atoms with Crippen molar-refractivity contribution in [2.45, 2.75) is 25.9 Å². The first-order chi connectivity index (χ1) is 7.99. The van der Waals surface area contributed by atoms with Gasteiger partial charge in [-0.2, -0.15) is 0 Å². The number of nitrogens with zero attached hydrogens (tertiary/aromatic N) is 1. The standard InChI is InChI=1S/C13H21BrN2O/c1-10(6-7-16(2)3)15-9-11-4-5-13(17)12(14)8-11/h4-5,8,10,15,17H,6-7,9H2,1-3H3. The van der Waals surface area contributed by atoms with Crippen molar-refractivity contribution < 1.29 is 5.11 Å². The van der Waals surface area contributed by atoms with Crippen LogP contribution in [0.1, 0.15) is 18.9 Å². The monoisotopic (exact) mass is 300 g/mol. The molecule has 0 bridgehead atoms. The van der Waals surface area contributed by atoms with Gasteiger partial charge in [0, 0.05) is 12.6 Å². The zero-order chi connectivity index (χ0) is 12.8. The Kier molecular flexibility index (Phi) is 5.95. The number of hydrogen-bond donors (Lipinski definition) is 2. The van der Waals surface area contributed by atoms with Crippen molar-refractivity contribution in [1.82, 2.24) is 10.2 Å². The Morgan fingerprint density at radius 1 is 1.41 bits per heavy atom. The molecule has 0 heterocycles. The maximum absolute atomic E-state index is 9.39. The first kappa shape index (κ1) is 14.5. The first-order valence-corrected chi connectivity index (χ1v) is 6.64. The molecule has 0 aliphatic rings. The smallest absolute Gasteiger partial charge is 0.129 e. The third-order valence-electron chi connectivity index (χ3n) is 2.68. The van der Waals surface area contributed by atoms with Crippen LogP contribution < -0.4 is 5.32 Å². The molecule has 1 aromatic carbocycles. The maximum atomic E-state index is 9.39. The number of phenols is 1. The van der Waals surface area contributed by atoms with Gasteiger partial charge in [-0.25, -0.2) is 0 Å². The molecule has 0 saturated heterocycles. The van der Waals surface area contributed by atoms with Crippen molar-refractivity contribution in [3.63, 3.8) is 0 Å². The van der Waals surface area contributed by atoms with Crippen molar-refractivity contribution in [3.05, 3.63) is 28.2 Å². The number of nitrogens with one attached hydrogen (secondary N) is 1. The fourth-order valence-corrected chi connectivity index (χ4v) is 1.93. The van der Waals surface area contributed by atoms with Crippen molar-refractivity contribution in [2.75, 3.05) is 20.6 Å². The Balaban J connectivity index is 2.36. The highest BCUT2D eigenvalue weighted by atomic mass is 79.9. The van der Waals surface area contributed by atoms with E-state index < -0.39 is 0 Å². The second kappa shape index (κ2) is 6.99. The Morgan fingerprint density at radius 3 is 2.71 bits per heavy atom. The summed E-state index contributed by atoms with van der Waals surface area (Å²) in [6, 6.07) is 6.09. The maximum Gasteiger partial charge on any atom is 0.129 e. The molecule has 1 atom stereocenters. The van der Waals surface area contributed by atoms with Gasteiger partial charge in [0.2, 0.25) is 0 Å². The molecule has 0 fully saturated rings. The van der Waals surface area contributed by atoms with Crippen LogP contribution >= 0.6 is 15.9 Å². The molecule has 2 N–H and O–H groups in total. The molecule has 0 amide bonds. The lowest BCUT2D eigenvalue weighted by Crippen LogP contribution is -2.29. The van der Waals surface area contributed by atoms with E-state index in [2.05, 4.69) is 47.2 Å². The zero-order valence-corrected chi connectivity index (χ0v) is 12.3. The summed E-state index contributed by atoms with van der Waals surface area (Å²) < 4.78 is 0.748. The summed E-state index contributed by atoms with van der Waals surface area (Å²) in [6.07, 6.45) is 1.13. The molecule has 1 aromatic rings. The summed E-state index contributed by atoms with van der Waals surface area (Å²) in [5.41, 5.74) is 1.17. The highest BCUT2D eigenvalue weighted by Crippen LogP contribution is 2.24. The topological polar surface area (TPSA) is 35.5 Å². The molecule has 0 aliphatic carbocycles. The van der Waals surface area contributed by atoms with Crippen LogP contribution in [0.2, 0.25) is 0 Å². The van der Waals surface area contributed by atoms with E-state index in [0.717, 1.165) is 24.0 Å². The van der Waals surface area contributed by atoms with E-state index in [0.29, 0.717) is 6.04 Å². The summed E-state index contributed by atoms with van der Waals surface area (Å²) >= 11 is 3.32. The predicted octanol–water partition coefficient (Wildman–Crippen LogP) is 2.58. The molecule has 1 rings (SSSR count). The molecule has 0 aliphatic heterocycles. The lowest BCUT2D eigenvalue weighted by atomic mass is 10.2. The normalized spacial score (nSPS) is 13.0. The lowest BCUT2D eigenvalue weighted by Gasteiger charge is -2.16. The third kappa shape index (κ3) is 5.52. The molecular weight excluding hydrogens is 280 g/mol. The van der Waals surface area contributed by atoms with Crippen LogP contribution in [0.15, 0.2) is 22.7 Å². The second-order valence-corrected chi connectivity index (χ2v) is 5.51. The van der Waals surface area contributed by atoms with Gasteiger partial charge in [-0.05, 0) is 67.6 Å². The molecule has 0 saturated carbocycles. The minimum absolute atomic E-state index is 0.286. The SMILES string of the molecule is CC(CCN(C)C)NCc1ccc(O)c(Br)c1. The summed E-state index contributed by atoms with van der Waals surface area (Å²) in [5, 5.41) is 12.9. The molecule has 96 valence electrons. The van der Waals surface area contributed by atoms with Gasteiger partial charge in [-0.15, -0.1) is 0 Å². The summed E-state index contributed by atoms with van der Waals surface area (Å²) in [4.78, 5) is 2.19. The van der Waals surface area contributed by atoms with Crippen LogP contribution in [0.3, 0.4) is 0 Å². The zero-order valence-electron chi connectivity index (χ0n) is 10.7. The van der Waals surface area contributed by atoms with E-state index in [1.54, 1.807) is 6.07 Å². The number of halogens is 1. The van der Waals surface area contributed by atoms with E-state index in [-0.39, 0.29) is 5.75 Å². The molecular formula is C13H21BrN2O. The van der Waals surface area contributed by atoms with Crippen molar-refractivity contribution in [3.8, 4) is 5.75 Å². The predicted molar refractivity (Wildman–Crippen MR) is 75.3 cm³/mol. The van der Waals surface area contributed by atoms with Crippen LogP contribution in [0.25, 0.3) is 0 Å². The molecule has 3 nitrogen and oxygen atoms in total. The van der Waals surface area contributed by atoms with Crippen molar-refractivity contribution in [2.24, 2.45) is 0 Å². The number of benzene rings is 1. The van der Waals surface area contributed by atoms with Gasteiger partial charge in [-0.1, -0.05) is 6.07 Å². The van der Waals surface area contributed by atoms with E-state index >= 15 is 0 Å². The van der Waals surface area contributed by atoms with Crippen LogP contribution in [-0.2, 0) is 6.54 Å². The Labute approximate surface area is 112 Å². The Morgan fingerprint density at radius 2 is 2.12 bits per heavy atom. The van der Waals surface area contributed by atoms with E-state index in [1.165, 1.54) is 5.56 Å². The highest BCUT2D eigenvalue weighted by Gasteiger charge is 2.04. The van der Waals surface area contributed by atoms with Gasteiger partial charge >= 0.3 is 0 Å². The van der Waals surface area contributed by atoms with Crippen molar-refractivity contribution in [1.29, 1.82) is 0 Å². The van der Waals surface area contributed by atoms with Gasteiger partial charge in [0.05, 0.1) is 4.47 Å². The number of hydrogen-bond acceptors (Lipinski definition) is 3. The fraction of sp³-hybridized carbons (Fsp3) is 0.538. The Bertz CT molecular complexity index is 355. The molecule has 1 unspecified atom stereocenters. The Hall–Kier alpha value is -0.580. The van der Waals surface area contributed by atoms with Gasteiger partial charge in [-0.3, -0.25) is 0 Å². The molecule has 17 heavy (non-hydrogen) atoms. The highest BCUT2D eigenvalue weighted by molar-refractivity contribution is 9.10. The largest absolute Gasteiger partial charge is 0.507 e. The van der Waals surface area contributed by atoms with Gasteiger partial charge in [0.1, 0.15) is 5.75 Å². The molecule has 0 radical (unpaired) electrons. The third-order valence-corrected chi connectivity index (χ3v) is 3.31. The number of rotatable bonds is 6. The lowest BCUT2D eigenvalue weighted by molar-refractivity contribution is 0.365. The van der Waals surface area contributed by atoms with Crippen molar-refractivity contribution >= 4 is 15.9 Å². The summed E-state index contributed by atoms with van der Waals surface area (Å²) in [5.74, 6) is 0.286. The molecule has 4 heteroatoms. The average Bonchev–Trinajstić information content (AvgIpc) is 2.28. The van der Waals surface area contributed by atoms with E-state index in [1.807, 2.05) is 12.1 Å². The number of aromatic hydroxyl groups is 1. The van der Waals surface area contributed by atoms with Gasteiger partial charge in [0.15, 0.2) is 0 Å². The number of phenolic OH excluding ortho intramolecular Hbond substituents is 1. The van der Waals surface area contributed by atoms with E-state index in [4.69, 9.17) is 0 Å².